The van der Waals surface area contributed by atoms with Crippen molar-refractivity contribution in [2.45, 2.75) is 12.5 Å². The number of rotatable bonds is 3. The van der Waals surface area contributed by atoms with Crippen molar-refractivity contribution in [1.82, 2.24) is 14.5 Å². The number of hydrogen-bond acceptors (Lipinski definition) is 4. The normalized spacial score (nSPS) is 17.2. The quantitative estimate of drug-likeness (QED) is 0.729. The highest BCUT2D eigenvalue weighted by Crippen LogP contribution is 2.20. The van der Waals surface area contributed by atoms with Gasteiger partial charge in [-0.15, -0.1) is 0 Å². The molecule has 0 saturated carbocycles. The van der Waals surface area contributed by atoms with E-state index < -0.39 is 0 Å². The van der Waals surface area contributed by atoms with Crippen LogP contribution >= 0.6 is 0 Å². The van der Waals surface area contributed by atoms with Crippen LogP contribution in [-0.2, 0) is 11.2 Å². The third-order valence-corrected chi connectivity index (χ3v) is 4.68. The zero-order chi connectivity index (χ0) is 17.9. The first-order valence-electron chi connectivity index (χ1n) is 8.56. The maximum absolute atomic E-state index is 13.2. The van der Waals surface area contributed by atoms with Gasteiger partial charge in [0.1, 0.15) is 0 Å². The summed E-state index contributed by atoms with van der Waals surface area (Å²) in [6.07, 6.45) is 4.02. The topological polar surface area (TPSA) is 70.6 Å². The van der Waals surface area contributed by atoms with E-state index in [0.717, 1.165) is 6.42 Å². The molecule has 1 atom stereocenters. The van der Waals surface area contributed by atoms with Crippen LogP contribution in [0.4, 0.5) is 0 Å². The SMILES string of the molecule is N#Cc1ccn2ncc(C(=O)N3CCOC[C@@H]3Cc3ccccc3)c2c1. The summed E-state index contributed by atoms with van der Waals surface area (Å²) in [5, 5.41) is 13.4. The summed E-state index contributed by atoms with van der Waals surface area (Å²) in [5.41, 5.74) is 2.85. The Kier molecular flexibility index (Phi) is 4.38. The van der Waals surface area contributed by atoms with Gasteiger partial charge in [-0.1, -0.05) is 30.3 Å². The van der Waals surface area contributed by atoms with E-state index in [1.807, 2.05) is 23.1 Å². The maximum atomic E-state index is 13.2. The first-order chi connectivity index (χ1) is 12.8. The molecule has 26 heavy (non-hydrogen) atoms. The first-order valence-corrected chi connectivity index (χ1v) is 8.56. The third kappa shape index (κ3) is 3.05. The number of pyridine rings is 1. The Bertz CT molecular complexity index is 974. The van der Waals surface area contributed by atoms with Crippen LogP contribution in [0.1, 0.15) is 21.5 Å². The molecule has 1 aliphatic rings. The highest BCUT2D eigenvalue weighted by molar-refractivity contribution is 6.01. The molecule has 1 saturated heterocycles. The van der Waals surface area contributed by atoms with Gasteiger partial charge in [-0.05, 0) is 24.1 Å². The molecule has 1 aliphatic heterocycles. The van der Waals surface area contributed by atoms with Crippen molar-refractivity contribution in [3.63, 3.8) is 0 Å². The molecule has 2 aromatic heterocycles. The van der Waals surface area contributed by atoms with Gasteiger partial charge >= 0.3 is 0 Å². The molecule has 0 radical (unpaired) electrons. The van der Waals surface area contributed by atoms with Crippen molar-refractivity contribution in [2.24, 2.45) is 0 Å². The second kappa shape index (κ2) is 6.98. The second-order valence-electron chi connectivity index (χ2n) is 6.33. The smallest absolute Gasteiger partial charge is 0.258 e. The van der Waals surface area contributed by atoms with E-state index in [1.165, 1.54) is 5.56 Å². The van der Waals surface area contributed by atoms with Crippen molar-refractivity contribution in [3.05, 3.63) is 71.5 Å². The Balaban J connectivity index is 1.64. The highest BCUT2D eigenvalue weighted by atomic mass is 16.5. The monoisotopic (exact) mass is 346 g/mol. The fraction of sp³-hybridized carbons (Fsp3) is 0.250. The maximum Gasteiger partial charge on any atom is 0.258 e. The Morgan fingerprint density at radius 2 is 2.15 bits per heavy atom. The van der Waals surface area contributed by atoms with Crippen LogP contribution in [-0.4, -0.2) is 46.2 Å². The zero-order valence-electron chi connectivity index (χ0n) is 14.2. The summed E-state index contributed by atoms with van der Waals surface area (Å²) in [6.45, 7) is 1.59. The number of hydrogen-bond donors (Lipinski definition) is 0. The van der Waals surface area contributed by atoms with E-state index in [1.54, 1.807) is 29.0 Å². The summed E-state index contributed by atoms with van der Waals surface area (Å²) >= 11 is 0. The van der Waals surface area contributed by atoms with Gasteiger partial charge in [0.05, 0.1) is 48.2 Å². The lowest BCUT2D eigenvalue weighted by Gasteiger charge is -2.35. The lowest BCUT2D eigenvalue weighted by Crippen LogP contribution is -2.49. The molecule has 0 spiro atoms. The van der Waals surface area contributed by atoms with E-state index >= 15 is 0 Å². The molecular formula is C20H18N4O2. The number of morpholine rings is 1. The number of nitriles is 1. The van der Waals surface area contributed by atoms with E-state index in [9.17, 15) is 4.79 Å². The van der Waals surface area contributed by atoms with Gasteiger partial charge in [-0.3, -0.25) is 4.79 Å². The minimum absolute atomic E-state index is 0.0206. The minimum atomic E-state index is -0.0701. The van der Waals surface area contributed by atoms with Gasteiger partial charge in [0.15, 0.2) is 0 Å². The summed E-state index contributed by atoms with van der Waals surface area (Å²) in [7, 11) is 0. The van der Waals surface area contributed by atoms with Crippen molar-refractivity contribution in [3.8, 4) is 6.07 Å². The van der Waals surface area contributed by atoms with Crippen LogP contribution in [0.25, 0.3) is 5.52 Å². The first kappa shape index (κ1) is 16.3. The van der Waals surface area contributed by atoms with Crippen LogP contribution in [0, 0.1) is 11.3 Å². The predicted molar refractivity (Wildman–Crippen MR) is 95.7 cm³/mol. The molecule has 130 valence electrons. The molecule has 3 aromatic rings. The van der Waals surface area contributed by atoms with Gasteiger partial charge < -0.3 is 9.64 Å². The Morgan fingerprint density at radius 3 is 2.96 bits per heavy atom. The summed E-state index contributed by atoms with van der Waals surface area (Å²) in [5.74, 6) is -0.0701. The lowest BCUT2D eigenvalue weighted by atomic mass is 10.0. The molecule has 6 nitrogen and oxygen atoms in total. The fourth-order valence-electron chi connectivity index (χ4n) is 3.35. The molecule has 1 fully saturated rings. The Labute approximate surface area is 151 Å². The van der Waals surface area contributed by atoms with Crippen molar-refractivity contribution >= 4 is 11.4 Å². The van der Waals surface area contributed by atoms with Crippen molar-refractivity contribution < 1.29 is 9.53 Å². The molecule has 0 unspecified atom stereocenters. The molecule has 1 amide bonds. The van der Waals surface area contributed by atoms with E-state index in [2.05, 4.69) is 23.3 Å². The molecule has 6 heteroatoms. The number of carbonyl (C=O) groups excluding carboxylic acids is 1. The van der Waals surface area contributed by atoms with Gasteiger partial charge in [0.25, 0.3) is 5.91 Å². The number of benzene rings is 1. The fourth-order valence-corrected chi connectivity index (χ4v) is 3.35. The Morgan fingerprint density at radius 1 is 1.31 bits per heavy atom. The standard InChI is InChI=1S/C20H18N4O2/c21-12-16-6-7-24-19(11-16)18(13-22-24)20(25)23-8-9-26-14-17(23)10-15-4-2-1-3-5-15/h1-7,11,13,17H,8-10,14H2/t17-/m0/s1. The van der Waals surface area contributed by atoms with Gasteiger partial charge in [0.2, 0.25) is 0 Å². The summed E-state index contributed by atoms with van der Waals surface area (Å²) in [6, 6.07) is 15.6. The molecule has 0 N–H and O–H groups in total. The van der Waals surface area contributed by atoms with Gasteiger partial charge in [-0.2, -0.15) is 10.4 Å². The number of carbonyl (C=O) groups is 1. The minimum Gasteiger partial charge on any atom is -0.377 e. The average molecular weight is 346 g/mol. The Hall–Kier alpha value is -3.17. The zero-order valence-corrected chi connectivity index (χ0v) is 14.2. The number of aromatic nitrogens is 2. The lowest BCUT2D eigenvalue weighted by molar-refractivity contribution is -0.00153. The van der Waals surface area contributed by atoms with E-state index in [4.69, 9.17) is 10.00 Å². The molecular weight excluding hydrogens is 328 g/mol. The molecule has 3 heterocycles. The number of fused-ring (bicyclic) bond motifs is 1. The van der Waals surface area contributed by atoms with E-state index in [-0.39, 0.29) is 11.9 Å². The molecule has 4 rings (SSSR count). The van der Waals surface area contributed by atoms with Gasteiger partial charge in [-0.25, -0.2) is 4.52 Å². The van der Waals surface area contributed by atoms with Gasteiger partial charge in [0, 0.05) is 12.7 Å². The molecule has 0 aliphatic carbocycles. The summed E-state index contributed by atoms with van der Waals surface area (Å²) < 4.78 is 7.24. The van der Waals surface area contributed by atoms with Crippen molar-refractivity contribution in [2.75, 3.05) is 19.8 Å². The number of nitrogens with zero attached hydrogens (tertiary/aromatic N) is 4. The van der Waals surface area contributed by atoms with Crippen LogP contribution < -0.4 is 0 Å². The summed E-state index contributed by atoms with van der Waals surface area (Å²) in [4.78, 5) is 15.1. The van der Waals surface area contributed by atoms with Crippen molar-refractivity contribution in [1.29, 1.82) is 5.26 Å². The molecule has 0 bridgehead atoms. The predicted octanol–water partition coefficient (Wildman–Crippen LogP) is 2.29. The number of amides is 1. The largest absolute Gasteiger partial charge is 0.377 e. The molecule has 1 aromatic carbocycles. The van der Waals surface area contributed by atoms with E-state index in [0.29, 0.717) is 36.4 Å². The number of ether oxygens (including phenoxy) is 1. The second-order valence-corrected chi connectivity index (χ2v) is 6.33. The van der Waals surface area contributed by atoms with Crippen LogP contribution in [0.15, 0.2) is 54.9 Å². The highest BCUT2D eigenvalue weighted by Gasteiger charge is 2.29. The van der Waals surface area contributed by atoms with Crippen LogP contribution in [0.2, 0.25) is 0 Å². The van der Waals surface area contributed by atoms with Crippen LogP contribution in [0.3, 0.4) is 0 Å². The third-order valence-electron chi connectivity index (χ3n) is 4.68. The average Bonchev–Trinajstić information content (AvgIpc) is 3.12. The van der Waals surface area contributed by atoms with Crippen LogP contribution in [0.5, 0.6) is 0 Å².